The van der Waals surface area contributed by atoms with Crippen LogP contribution in [0.4, 0.5) is 32.0 Å². The summed E-state index contributed by atoms with van der Waals surface area (Å²) in [4.78, 5) is 11.6. The van der Waals surface area contributed by atoms with Gasteiger partial charge in [0.15, 0.2) is 0 Å². The molecule has 110 valence electrons. The molecule has 0 aromatic heterocycles. The van der Waals surface area contributed by atoms with E-state index in [1.165, 1.54) is 18.3 Å². The zero-order valence-electron chi connectivity index (χ0n) is 9.91. The number of amides is 1. The lowest BCUT2D eigenvalue weighted by molar-refractivity contribution is -0.294. The van der Waals surface area contributed by atoms with Crippen LogP contribution < -0.4 is 10.6 Å². The van der Waals surface area contributed by atoms with Gasteiger partial charge in [0.2, 0.25) is 0 Å². The van der Waals surface area contributed by atoms with Gasteiger partial charge in [0.25, 0.3) is 5.91 Å². The summed E-state index contributed by atoms with van der Waals surface area (Å²) < 4.78 is 77.2. The fraction of sp³-hybridized carbons (Fsp3) is 0.364. The highest BCUT2D eigenvalue weighted by Gasteiger charge is 2.73. The summed E-state index contributed by atoms with van der Waals surface area (Å²) in [6, 6.07) is 3.62. The van der Waals surface area contributed by atoms with Gasteiger partial charge >= 0.3 is 18.0 Å². The molecule has 1 aliphatic heterocycles. The molecule has 1 heterocycles. The Labute approximate surface area is 109 Å². The number of carbonyl (C=O) groups excluding carboxylic acids is 1. The smallest absolute Gasteiger partial charge is 0.347 e. The van der Waals surface area contributed by atoms with Gasteiger partial charge in [0, 0.05) is 5.69 Å². The first-order valence-corrected chi connectivity index (χ1v) is 5.33. The molecule has 3 nitrogen and oxygen atoms in total. The lowest BCUT2D eigenvalue weighted by atomic mass is 9.99. The normalized spacial score (nSPS) is 18.1. The minimum Gasteiger partial charge on any atom is -0.347 e. The molecule has 0 aliphatic carbocycles. The molecule has 0 radical (unpaired) electrons. The van der Waals surface area contributed by atoms with Crippen molar-refractivity contribution >= 4 is 11.6 Å². The first kappa shape index (κ1) is 14.5. The molecule has 1 aromatic carbocycles. The Balaban J connectivity index is 2.63. The molecular formula is C11H8F6N2O. The number of hydrogen-bond donors (Lipinski definition) is 2. The second-order valence-corrected chi connectivity index (χ2v) is 4.37. The SMILES string of the molecule is Cc1ccc2c(c1)NC(C(F)(F)F)(C(F)(F)F)NC2=O. The van der Waals surface area contributed by atoms with Crippen LogP contribution in [-0.4, -0.2) is 23.9 Å². The van der Waals surface area contributed by atoms with Crippen LogP contribution in [0.5, 0.6) is 0 Å². The van der Waals surface area contributed by atoms with Crippen LogP contribution in [0.25, 0.3) is 0 Å². The van der Waals surface area contributed by atoms with E-state index in [1.54, 1.807) is 0 Å². The third kappa shape index (κ3) is 1.97. The van der Waals surface area contributed by atoms with E-state index in [0.29, 0.717) is 5.56 Å². The van der Waals surface area contributed by atoms with Gasteiger partial charge in [0.05, 0.1) is 5.56 Å². The quantitative estimate of drug-likeness (QED) is 0.723. The summed E-state index contributed by atoms with van der Waals surface area (Å²) in [6.45, 7) is 1.48. The third-order valence-corrected chi connectivity index (χ3v) is 2.89. The zero-order chi connectivity index (χ0) is 15.3. The fourth-order valence-corrected chi connectivity index (χ4v) is 1.87. The summed E-state index contributed by atoms with van der Waals surface area (Å²) in [5.41, 5.74) is -4.86. The number of carbonyl (C=O) groups is 1. The predicted molar refractivity (Wildman–Crippen MR) is 57.1 cm³/mol. The van der Waals surface area contributed by atoms with Crippen LogP contribution in [0.3, 0.4) is 0 Å². The van der Waals surface area contributed by atoms with E-state index >= 15 is 0 Å². The average Bonchev–Trinajstić information content (AvgIpc) is 2.24. The molecule has 0 saturated carbocycles. The first-order chi connectivity index (χ1) is 8.98. The van der Waals surface area contributed by atoms with E-state index in [9.17, 15) is 31.1 Å². The van der Waals surface area contributed by atoms with Gasteiger partial charge in [-0.15, -0.1) is 0 Å². The van der Waals surface area contributed by atoms with Crippen molar-refractivity contribution in [1.82, 2.24) is 5.32 Å². The minimum absolute atomic E-state index is 0.278. The summed E-state index contributed by atoms with van der Waals surface area (Å²) in [5.74, 6) is -1.44. The molecule has 2 N–H and O–H groups in total. The largest absolute Gasteiger partial charge is 0.439 e. The van der Waals surface area contributed by atoms with Crippen molar-refractivity contribution < 1.29 is 31.1 Å². The van der Waals surface area contributed by atoms with E-state index in [2.05, 4.69) is 0 Å². The molecule has 0 spiro atoms. The number of halogens is 6. The second kappa shape index (κ2) is 4.03. The van der Waals surface area contributed by atoms with Gasteiger partial charge in [-0.25, -0.2) is 0 Å². The molecule has 1 amide bonds. The van der Waals surface area contributed by atoms with Crippen LogP contribution in [0, 0.1) is 6.92 Å². The van der Waals surface area contributed by atoms with Crippen molar-refractivity contribution in [3.63, 3.8) is 0 Å². The Morgan fingerprint density at radius 2 is 1.55 bits per heavy atom. The first-order valence-electron chi connectivity index (χ1n) is 5.33. The maximum Gasteiger partial charge on any atom is 0.439 e. The van der Waals surface area contributed by atoms with Crippen molar-refractivity contribution in [3.05, 3.63) is 29.3 Å². The summed E-state index contributed by atoms with van der Waals surface area (Å²) in [7, 11) is 0. The molecule has 2 rings (SSSR count). The highest BCUT2D eigenvalue weighted by molar-refractivity contribution is 6.02. The highest BCUT2D eigenvalue weighted by Crippen LogP contribution is 2.45. The van der Waals surface area contributed by atoms with Crippen molar-refractivity contribution in [2.45, 2.75) is 24.9 Å². The van der Waals surface area contributed by atoms with Crippen LogP contribution in [0.1, 0.15) is 15.9 Å². The van der Waals surface area contributed by atoms with Crippen molar-refractivity contribution in [1.29, 1.82) is 0 Å². The summed E-state index contributed by atoms with van der Waals surface area (Å²) in [5, 5.41) is 2.37. The highest BCUT2D eigenvalue weighted by atomic mass is 19.4. The Hall–Kier alpha value is -1.93. The number of hydrogen-bond acceptors (Lipinski definition) is 2. The van der Waals surface area contributed by atoms with Crippen molar-refractivity contribution in [2.24, 2.45) is 0 Å². The topological polar surface area (TPSA) is 41.1 Å². The third-order valence-electron chi connectivity index (χ3n) is 2.89. The molecular weight excluding hydrogens is 290 g/mol. The maximum atomic E-state index is 12.9. The van der Waals surface area contributed by atoms with Gasteiger partial charge in [-0.3, -0.25) is 4.79 Å². The van der Waals surface area contributed by atoms with Gasteiger partial charge in [0.1, 0.15) is 0 Å². The molecule has 0 atom stereocenters. The molecule has 0 bridgehead atoms. The van der Waals surface area contributed by atoms with Crippen LogP contribution in [0.15, 0.2) is 18.2 Å². The maximum absolute atomic E-state index is 12.9. The van der Waals surface area contributed by atoms with Gasteiger partial charge < -0.3 is 10.6 Å². The Morgan fingerprint density at radius 1 is 1.00 bits per heavy atom. The Bertz CT molecular complexity index is 549. The monoisotopic (exact) mass is 298 g/mol. The van der Waals surface area contributed by atoms with Crippen LogP contribution >= 0.6 is 0 Å². The standard InChI is InChI=1S/C11H8F6N2O/c1-5-2-3-6-7(4-5)18-9(10(12,13)14,11(15,16)17)19-8(6)20/h2-4,18H,1H3,(H,19,20). The number of anilines is 1. The summed E-state index contributed by atoms with van der Waals surface area (Å²) >= 11 is 0. The zero-order valence-corrected chi connectivity index (χ0v) is 9.91. The van der Waals surface area contributed by atoms with E-state index < -0.39 is 29.6 Å². The molecule has 20 heavy (non-hydrogen) atoms. The van der Waals surface area contributed by atoms with Gasteiger partial charge in [-0.05, 0) is 24.6 Å². The van der Waals surface area contributed by atoms with E-state index in [-0.39, 0.29) is 5.56 Å². The van der Waals surface area contributed by atoms with Gasteiger partial charge in [-0.1, -0.05) is 6.07 Å². The lowest BCUT2D eigenvalue weighted by Crippen LogP contribution is -2.73. The number of aryl methyl sites for hydroxylation is 1. The van der Waals surface area contributed by atoms with Gasteiger partial charge in [-0.2, -0.15) is 26.3 Å². The van der Waals surface area contributed by atoms with E-state index in [0.717, 1.165) is 17.4 Å². The lowest BCUT2D eigenvalue weighted by Gasteiger charge is -2.42. The Kier molecular flexibility index (Phi) is 2.92. The number of benzene rings is 1. The molecule has 1 aliphatic rings. The molecule has 0 unspecified atom stereocenters. The van der Waals surface area contributed by atoms with E-state index in [4.69, 9.17) is 0 Å². The minimum atomic E-state index is -5.75. The molecule has 9 heteroatoms. The van der Waals surface area contributed by atoms with Crippen molar-refractivity contribution in [3.8, 4) is 0 Å². The molecule has 1 aromatic rings. The Morgan fingerprint density at radius 3 is 2.05 bits per heavy atom. The average molecular weight is 298 g/mol. The van der Waals surface area contributed by atoms with E-state index in [1.807, 2.05) is 0 Å². The fourth-order valence-electron chi connectivity index (χ4n) is 1.87. The van der Waals surface area contributed by atoms with Crippen molar-refractivity contribution in [2.75, 3.05) is 5.32 Å². The molecule has 0 saturated heterocycles. The number of rotatable bonds is 0. The second-order valence-electron chi connectivity index (χ2n) is 4.37. The number of fused-ring (bicyclic) bond motifs is 1. The molecule has 0 fully saturated rings. The van der Waals surface area contributed by atoms with Crippen LogP contribution in [0.2, 0.25) is 0 Å². The summed E-state index contributed by atoms with van der Waals surface area (Å²) in [6.07, 6.45) is -11.5. The number of alkyl halides is 6. The number of nitrogens with one attached hydrogen (secondary N) is 2. The van der Waals surface area contributed by atoms with Crippen LogP contribution in [-0.2, 0) is 0 Å². The predicted octanol–water partition coefficient (Wildman–Crippen LogP) is 2.97.